The van der Waals surface area contributed by atoms with E-state index in [1.807, 2.05) is 0 Å². The number of amides is 2. The number of hydrogen-bond acceptors (Lipinski definition) is 3. The Morgan fingerprint density at radius 2 is 1.71 bits per heavy atom. The molecule has 0 bridgehead atoms. The van der Waals surface area contributed by atoms with E-state index in [0.717, 1.165) is 18.6 Å². The predicted molar refractivity (Wildman–Crippen MR) is 82.5 cm³/mol. The molecule has 0 saturated heterocycles. The van der Waals surface area contributed by atoms with Crippen molar-refractivity contribution in [3.8, 4) is 5.75 Å². The van der Waals surface area contributed by atoms with E-state index in [0.29, 0.717) is 25.3 Å². The lowest BCUT2D eigenvalue weighted by molar-refractivity contribution is -0.118. The lowest BCUT2D eigenvalue weighted by Gasteiger charge is -2.08. The summed E-state index contributed by atoms with van der Waals surface area (Å²) in [6.07, 6.45) is 3.37. The van der Waals surface area contributed by atoms with Gasteiger partial charge in [0.2, 0.25) is 5.91 Å². The third-order valence-corrected chi connectivity index (χ3v) is 2.92. The van der Waals surface area contributed by atoms with Crippen LogP contribution in [0.1, 0.15) is 43.5 Å². The summed E-state index contributed by atoms with van der Waals surface area (Å²) in [5.41, 5.74) is 0.582. The summed E-state index contributed by atoms with van der Waals surface area (Å²) in [6.45, 7) is 5.14. The summed E-state index contributed by atoms with van der Waals surface area (Å²) in [7, 11) is 0. The maximum atomic E-state index is 11.8. The summed E-state index contributed by atoms with van der Waals surface area (Å²) < 4.78 is 5.59. The fourth-order valence-corrected chi connectivity index (χ4v) is 1.76. The van der Waals surface area contributed by atoms with Crippen molar-refractivity contribution in [2.75, 3.05) is 19.7 Å². The van der Waals surface area contributed by atoms with E-state index in [4.69, 9.17) is 4.74 Å². The molecule has 0 aliphatic heterocycles. The van der Waals surface area contributed by atoms with Crippen LogP contribution < -0.4 is 15.4 Å². The smallest absolute Gasteiger partial charge is 0.251 e. The molecule has 0 unspecified atom stereocenters. The summed E-state index contributed by atoms with van der Waals surface area (Å²) >= 11 is 0. The standard InChI is InChI=1S/C16H24N2O3/c1-3-4-5-12-21-15-8-6-14(7-9-15)16(20)18-11-10-17-13(2)19/h6-9H,3-5,10-12H2,1-2H3,(H,17,19)(H,18,20). The molecule has 0 aliphatic rings. The number of carbonyl (C=O) groups excluding carboxylic acids is 2. The number of nitrogens with one attached hydrogen (secondary N) is 2. The van der Waals surface area contributed by atoms with Gasteiger partial charge < -0.3 is 15.4 Å². The largest absolute Gasteiger partial charge is 0.494 e. The molecular weight excluding hydrogens is 268 g/mol. The van der Waals surface area contributed by atoms with Crippen LogP contribution in [0.15, 0.2) is 24.3 Å². The minimum absolute atomic E-state index is 0.103. The van der Waals surface area contributed by atoms with Gasteiger partial charge in [-0.2, -0.15) is 0 Å². The van der Waals surface area contributed by atoms with E-state index >= 15 is 0 Å². The maximum Gasteiger partial charge on any atom is 0.251 e. The lowest BCUT2D eigenvalue weighted by Crippen LogP contribution is -2.33. The highest BCUT2D eigenvalue weighted by molar-refractivity contribution is 5.94. The average Bonchev–Trinajstić information content (AvgIpc) is 2.48. The van der Waals surface area contributed by atoms with E-state index in [-0.39, 0.29) is 11.8 Å². The van der Waals surface area contributed by atoms with Crippen molar-refractivity contribution in [1.29, 1.82) is 0 Å². The monoisotopic (exact) mass is 292 g/mol. The first kappa shape index (κ1) is 17.0. The molecule has 0 radical (unpaired) electrons. The first-order chi connectivity index (χ1) is 10.1. The SMILES string of the molecule is CCCCCOc1ccc(C(=O)NCCNC(C)=O)cc1. The van der Waals surface area contributed by atoms with Gasteiger partial charge in [-0.3, -0.25) is 9.59 Å². The molecule has 0 atom stereocenters. The quantitative estimate of drug-likeness (QED) is 0.685. The molecule has 1 aromatic carbocycles. The second-order valence-corrected chi connectivity index (χ2v) is 4.82. The van der Waals surface area contributed by atoms with Crippen LogP contribution in [0.3, 0.4) is 0 Å². The van der Waals surface area contributed by atoms with Crippen LogP contribution in [0, 0.1) is 0 Å². The molecule has 0 heterocycles. The highest BCUT2D eigenvalue weighted by Crippen LogP contribution is 2.12. The Hall–Kier alpha value is -2.04. The van der Waals surface area contributed by atoms with Crippen LogP contribution in [0.4, 0.5) is 0 Å². The van der Waals surface area contributed by atoms with Gasteiger partial charge in [-0.15, -0.1) is 0 Å². The molecule has 1 rings (SSSR count). The van der Waals surface area contributed by atoms with E-state index in [1.54, 1.807) is 24.3 Å². The van der Waals surface area contributed by atoms with Gasteiger partial charge in [-0.25, -0.2) is 0 Å². The lowest BCUT2D eigenvalue weighted by atomic mass is 10.2. The molecule has 5 heteroatoms. The highest BCUT2D eigenvalue weighted by atomic mass is 16.5. The molecule has 0 saturated carbocycles. The average molecular weight is 292 g/mol. The Balaban J connectivity index is 2.31. The van der Waals surface area contributed by atoms with Crippen molar-refractivity contribution < 1.29 is 14.3 Å². The molecule has 0 fully saturated rings. The molecule has 1 aromatic rings. The molecule has 0 aliphatic carbocycles. The van der Waals surface area contributed by atoms with E-state index in [9.17, 15) is 9.59 Å². The number of rotatable bonds is 9. The zero-order valence-corrected chi connectivity index (χ0v) is 12.8. The van der Waals surface area contributed by atoms with Gasteiger partial charge in [0.15, 0.2) is 0 Å². The van der Waals surface area contributed by atoms with Crippen molar-refractivity contribution in [2.24, 2.45) is 0 Å². The molecule has 5 nitrogen and oxygen atoms in total. The minimum atomic E-state index is -0.155. The molecule has 21 heavy (non-hydrogen) atoms. The van der Waals surface area contributed by atoms with Crippen LogP contribution in [-0.4, -0.2) is 31.5 Å². The molecule has 116 valence electrons. The number of ether oxygens (including phenoxy) is 1. The van der Waals surface area contributed by atoms with Crippen molar-refractivity contribution in [1.82, 2.24) is 10.6 Å². The zero-order valence-electron chi connectivity index (χ0n) is 12.8. The predicted octanol–water partition coefficient (Wildman–Crippen LogP) is 2.12. The van der Waals surface area contributed by atoms with Crippen molar-refractivity contribution in [3.05, 3.63) is 29.8 Å². The third-order valence-electron chi connectivity index (χ3n) is 2.92. The summed E-state index contributed by atoms with van der Waals surface area (Å²) in [6, 6.07) is 7.08. The fourth-order valence-electron chi connectivity index (χ4n) is 1.76. The topological polar surface area (TPSA) is 67.4 Å². The van der Waals surface area contributed by atoms with Gasteiger partial charge in [0.05, 0.1) is 6.61 Å². The number of carbonyl (C=O) groups is 2. The van der Waals surface area contributed by atoms with Crippen molar-refractivity contribution >= 4 is 11.8 Å². The van der Waals surface area contributed by atoms with Crippen LogP contribution in [0.2, 0.25) is 0 Å². The number of unbranched alkanes of at least 4 members (excludes halogenated alkanes) is 2. The van der Waals surface area contributed by atoms with Gasteiger partial charge in [-0.1, -0.05) is 19.8 Å². The van der Waals surface area contributed by atoms with E-state index in [1.165, 1.54) is 13.3 Å². The second-order valence-electron chi connectivity index (χ2n) is 4.82. The summed E-state index contributed by atoms with van der Waals surface area (Å²) in [4.78, 5) is 22.5. The van der Waals surface area contributed by atoms with E-state index < -0.39 is 0 Å². The fraction of sp³-hybridized carbons (Fsp3) is 0.500. The molecule has 0 spiro atoms. The van der Waals surface area contributed by atoms with Gasteiger partial charge in [-0.05, 0) is 30.7 Å². The van der Waals surface area contributed by atoms with Crippen LogP contribution in [0.5, 0.6) is 5.75 Å². The van der Waals surface area contributed by atoms with Crippen molar-refractivity contribution in [3.63, 3.8) is 0 Å². The Labute approximate surface area is 126 Å². The molecule has 0 aromatic heterocycles. The second kappa shape index (κ2) is 9.80. The Morgan fingerprint density at radius 3 is 2.33 bits per heavy atom. The summed E-state index contributed by atoms with van der Waals surface area (Å²) in [5, 5.41) is 5.36. The number of benzene rings is 1. The zero-order chi connectivity index (χ0) is 15.5. The molecular formula is C16H24N2O3. The van der Waals surface area contributed by atoms with Crippen LogP contribution in [-0.2, 0) is 4.79 Å². The van der Waals surface area contributed by atoms with Gasteiger partial charge in [0.1, 0.15) is 5.75 Å². The minimum Gasteiger partial charge on any atom is -0.494 e. The van der Waals surface area contributed by atoms with Crippen LogP contribution in [0.25, 0.3) is 0 Å². The van der Waals surface area contributed by atoms with Crippen molar-refractivity contribution in [2.45, 2.75) is 33.1 Å². The highest BCUT2D eigenvalue weighted by Gasteiger charge is 2.05. The Kier molecular flexibility index (Phi) is 7.94. The van der Waals surface area contributed by atoms with E-state index in [2.05, 4.69) is 17.6 Å². The normalized spacial score (nSPS) is 10.0. The molecule has 2 N–H and O–H groups in total. The first-order valence-corrected chi connectivity index (χ1v) is 7.39. The Bertz CT molecular complexity index is 443. The maximum absolute atomic E-state index is 11.8. The third kappa shape index (κ3) is 7.34. The van der Waals surface area contributed by atoms with Gasteiger partial charge in [0, 0.05) is 25.6 Å². The van der Waals surface area contributed by atoms with Gasteiger partial charge in [0.25, 0.3) is 5.91 Å². The van der Waals surface area contributed by atoms with Crippen LogP contribution >= 0.6 is 0 Å². The number of hydrogen-bond donors (Lipinski definition) is 2. The first-order valence-electron chi connectivity index (χ1n) is 7.39. The molecule has 2 amide bonds. The Morgan fingerprint density at radius 1 is 1.05 bits per heavy atom. The summed E-state index contributed by atoms with van der Waals surface area (Å²) in [5.74, 6) is 0.521. The van der Waals surface area contributed by atoms with Gasteiger partial charge >= 0.3 is 0 Å².